The summed E-state index contributed by atoms with van der Waals surface area (Å²) < 4.78 is 34.0. The number of hydrogen-bond acceptors (Lipinski definition) is 4. The number of nitrogen functional groups attached to an aromatic ring is 1. The van der Waals surface area contributed by atoms with Crippen LogP contribution in [0.5, 0.6) is 0 Å². The van der Waals surface area contributed by atoms with Crippen molar-refractivity contribution in [2.75, 3.05) is 18.9 Å². The minimum atomic E-state index is -3.63. The van der Waals surface area contributed by atoms with Gasteiger partial charge in [0.25, 0.3) is 0 Å². The van der Waals surface area contributed by atoms with E-state index in [0.717, 1.165) is 12.8 Å². The molecule has 7 heteroatoms. The predicted octanol–water partition coefficient (Wildman–Crippen LogP) is 2.19. The van der Waals surface area contributed by atoms with Crippen LogP contribution >= 0.6 is 15.9 Å². The first kappa shape index (κ1) is 15.8. The van der Waals surface area contributed by atoms with Crippen LogP contribution in [-0.2, 0) is 14.8 Å². The molecule has 20 heavy (non-hydrogen) atoms. The third kappa shape index (κ3) is 3.33. The molecule has 2 rings (SSSR count). The fourth-order valence-electron chi connectivity index (χ4n) is 2.35. The van der Waals surface area contributed by atoms with Crippen LogP contribution in [0.2, 0.25) is 0 Å². The SMILES string of the molecule is Cc1c(N)cc(Br)cc1S(=O)(=O)NC1(C)CCCOC1. The Balaban J connectivity index is 2.36. The molecule has 1 aliphatic rings. The van der Waals surface area contributed by atoms with Crippen molar-refractivity contribution < 1.29 is 13.2 Å². The van der Waals surface area contributed by atoms with Gasteiger partial charge in [0.2, 0.25) is 10.0 Å². The summed E-state index contributed by atoms with van der Waals surface area (Å²) in [6.45, 7) is 4.63. The highest BCUT2D eigenvalue weighted by molar-refractivity contribution is 9.10. The number of nitrogens with one attached hydrogen (secondary N) is 1. The smallest absolute Gasteiger partial charge is 0.241 e. The van der Waals surface area contributed by atoms with Crippen molar-refractivity contribution in [3.63, 3.8) is 0 Å². The van der Waals surface area contributed by atoms with Crippen LogP contribution in [-0.4, -0.2) is 27.2 Å². The summed E-state index contributed by atoms with van der Waals surface area (Å²) in [5, 5.41) is 0. The molecule has 0 aliphatic carbocycles. The number of ether oxygens (including phenoxy) is 1. The molecule has 0 amide bonds. The minimum Gasteiger partial charge on any atom is -0.398 e. The Hall–Kier alpha value is -0.630. The molecule has 0 bridgehead atoms. The molecular formula is C13H19BrN2O3S. The number of hydrogen-bond donors (Lipinski definition) is 2. The maximum absolute atomic E-state index is 12.6. The largest absolute Gasteiger partial charge is 0.398 e. The fourth-order valence-corrected chi connectivity index (χ4v) is 4.70. The van der Waals surface area contributed by atoms with E-state index in [1.807, 2.05) is 6.92 Å². The Morgan fingerprint density at radius 2 is 2.15 bits per heavy atom. The second-order valence-electron chi connectivity index (χ2n) is 5.44. The van der Waals surface area contributed by atoms with Gasteiger partial charge in [-0.3, -0.25) is 0 Å². The summed E-state index contributed by atoms with van der Waals surface area (Å²) in [6.07, 6.45) is 1.60. The number of nitrogens with two attached hydrogens (primary N) is 1. The van der Waals surface area contributed by atoms with Crippen molar-refractivity contribution >= 4 is 31.6 Å². The van der Waals surface area contributed by atoms with Crippen LogP contribution in [0.4, 0.5) is 5.69 Å². The van der Waals surface area contributed by atoms with Gasteiger partial charge in [-0.25, -0.2) is 13.1 Å². The first-order valence-corrected chi connectivity index (χ1v) is 8.68. The van der Waals surface area contributed by atoms with Crippen LogP contribution in [0.15, 0.2) is 21.5 Å². The van der Waals surface area contributed by atoms with E-state index in [9.17, 15) is 8.42 Å². The monoisotopic (exact) mass is 362 g/mol. The van der Waals surface area contributed by atoms with E-state index >= 15 is 0 Å². The zero-order valence-electron chi connectivity index (χ0n) is 11.6. The van der Waals surface area contributed by atoms with E-state index in [2.05, 4.69) is 20.7 Å². The van der Waals surface area contributed by atoms with E-state index < -0.39 is 15.6 Å². The van der Waals surface area contributed by atoms with E-state index in [4.69, 9.17) is 10.5 Å². The molecule has 5 nitrogen and oxygen atoms in total. The highest BCUT2D eigenvalue weighted by Crippen LogP contribution is 2.28. The first-order valence-electron chi connectivity index (χ1n) is 6.41. The number of benzene rings is 1. The van der Waals surface area contributed by atoms with Crippen molar-refractivity contribution in [2.24, 2.45) is 0 Å². The summed E-state index contributed by atoms with van der Waals surface area (Å²) in [5.74, 6) is 0. The molecule has 1 aliphatic heterocycles. The molecule has 3 N–H and O–H groups in total. The third-order valence-electron chi connectivity index (χ3n) is 3.47. The highest BCUT2D eigenvalue weighted by atomic mass is 79.9. The molecule has 0 spiro atoms. The zero-order valence-corrected chi connectivity index (χ0v) is 14.0. The topological polar surface area (TPSA) is 81.4 Å². The molecule has 1 unspecified atom stereocenters. The van der Waals surface area contributed by atoms with Crippen LogP contribution in [0.25, 0.3) is 0 Å². The Morgan fingerprint density at radius 3 is 2.75 bits per heavy atom. The standard InChI is InChI=1S/C13H19BrN2O3S/c1-9-11(15)6-10(14)7-12(9)20(17,18)16-13(2)4-3-5-19-8-13/h6-7,16H,3-5,8,15H2,1-2H3. The van der Waals surface area contributed by atoms with Gasteiger partial charge in [-0.05, 0) is 44.4 Å². The highest BCUT2D eigenvalue weighted by Gasteiger charge is 2.33. The average Bonchev–Trinajstić information content (AvgIpc) is 2.33. The lowest BCUT2D eigenvalue weighted by molar-refractivity contribution is 0.0386. The molecule has 0 radical (unpaired) electrons. The summed E-state index contributed by atoms with van der Waals surface area (Å²) in [6, 6.07) is 3.26. The van der Waals surface area contributed by atoms with Crippen LogP contribution in [0, 0.1) is 6.92 Å². The molecule has 0 aromatic heterocycles. The van der Waals surface area contributed by atoms with E-state index in [1.54, 1.807) is 19.1 Å². The van der Waals surface area contributed by atoms with Gasteiger partial charge in [0.15, 0.2) is 0 Å². The zero-order chi connectivity index (χ0) is 15.0. The Morgan fingerprint density at radius 1 is 1.45 bits per heavy atom. The minimum absolute atomic E-state index is 0.205. The van der Waals surface area contributed by atoms with E-state index in [0.29, 0.717) is 28.9 Å². The number of anilines is 1. The van der Waals surface area contributed by atoms with Crippen LogP contribution < -0.4 is 10.5 Å². The molecule has 112 valence electrons. The Labute approximate surface area is 128 Å². The molecule has 1 fully saturated rings. The van der Waals surface area contributed by atoms with E-state index in [-0.39, 0.29) is 4.90 Å². The number of halogens is 1. The molecule has 1 aromatic carbocycles. The molecule has 0 saturated carbocycles. The third-order valence-corrected chi connectivity index (χ3v) is 5.70. The molecule has 1 aromatic rings. The average molecular weight is 363 g/mol. The second kappa shape index (κ2) is 5.63. The maximum Gasteiger partial charge on any atom is 0.241 e. The van der Waals surface area contributed by atoms with Crippen molar-refractivity contribution in [1.29, 1.82) is 0 Å². The molecule has 1 saturated heterocycles. The molecule has 1 heterocycles. The van der Waals surface area contributed by atoms with Gasteiger partial charge in [-0.2, -0.15) is 0 Å². The fraction of sp³-hybridized carbons (Fsp3) is 0.538. The summed E-state index contributed by atoms with van der Waals surface area (Å²) >= 11 is 3.28. The van der Waals surface area contributed by atoms with Gasteiger partial charge in [0.05, 0.1) is 17.0 Å². The molecule has 1 atom stereocenters. The predicted molar refractivity (Wildman–Crippen MR) is 82.1 cm³/mol. The maximum atomic E-state index is 12.6. The van der Waals surface area contributed by atoms with Gasteiger partial charge in [0.1, 0.15) is 0 Å². The lowest BCUT2D eigenvalue weighted by Crippen LogP contribution is -2.51. The van der Waals surface area contributed by atoms with Crippen LogP contribution in [0.1, 0.15) is 25.3 Å². The summed E-state index contributed by atoms with van der Waals surface area (Å²) in [4.78, 5) is 0.205. The summed E-state index contributed by atoms with van der Waals surface area (Å²) in [7, 11) is -3.63. The van der Waals surface area contributed by atoms with Crippen LogP contribution in [0.3, 0.4) is 0 Å². The second-order valence-corrected chi connectivity index (χ2v) is 8.01. The van der Waals surface area contributed by atoms with Gasteiger partial charge >= 0.3 is 0 Å². The van der Waals surface area contributed by atoms with Crippen molar-refractivity contribution in [3.8, 4) is 0 Å². The lowest BCUT2D eigenvalue weighted by Gasteiger charge is -2.34. The summed E-state index contributed by atoms with van der Waals surface area (Å²) in [5.41, 5.74) is 6.27. The Bertz CT molecular complexity index is 610. The first-order chi connectivity index (χ1) is 9.23. The van der Waals surface area contributed by atoms with E-state index in [1.165, 1.54) is 0 Å². The van der Waals surface area contributed by atoms with Crippen molar-refractivity contribution in [3.05, 3.63) is 22.2 Å². The molecular weight excluding hydrogens is 344 g/mol. The quantitative estimate of drug-likeness (QED) is 0.807. The van der Waals surface area contributed by atoms with Crippen molar-refractivity contribution in [2.45, 2.75) is 37.1 Å². The number of sulfonamides is 1. The van der Waals surface area contributed by atoms with Gasteiger partial charge in [-0.15, -0.1) is 0 Å². The normalized spacial score (nSPS) is 23.8. The van der Waals surface area contributed by atoms with Gasteiger partial charge in [-0.1, -0.05) is 15.9 Å². The van der Waals surface area contributed by atoms with Crippen molar-refractivity contribution in [1.82, 2.24) is 4.72 Å². The number of rotatable bonds is 3. The lowest BCUT2D eigenvalue weighted by atomic mass is 9.97. The Kier molecular flexibility index (Phi) is 4.44. The van der Waals surface area contributed by atoms with Gasteiger partial charge < -0.3 is 10.5 Å². The van der Waals surface area contributed by atoms with Gasteiger partial charge in [0, 0.05) is 16.8 Å².